The number of Topliss-reactive ketones (excluding diaryl/α,β-unsaturated/α-hetero) is 1. The molecule has 3 rings (SSSR count). The lowest BCUT2D eigenvalue weighted by atomic mass is 9.89. The van der Waals surface area contributed by atoms with E-state index in [1.165, 1.54) is 6.92 Å². The zero-order valence-corrected chi connectivity index (χ0v) is 14.6. The Balaban J connectivity index is 2.11. The van der Waals surface area contributed by atoms with Crippen molar-refractivity contribution >= 4 is 23.1 Å². The SMILES string of the molecule is CC(=O)c1ccc2c(c1)C(C(=NCC(C)C)c1ccncc1)C(=O)N2. The lowest BCUT2D eigenvalue weighted by Crippen LogP contribution is -2.23. The van der Waals surface area contributed by atoms with Gasteiger partial charge >= 0.3 is 0 Å². The first-order chi connectivity index (χ1) is 12.0. The van der Waals surface area contributed by atoms with Crippen LogP contribution in [0.2, 0.25) is 0 Å². The van der Waals surface area contributed by atoms with Crippen molar-refractivity contribution in [2.45, 2.75) is 26.7 Å². The Hall–Kier alpha value is -2.82. The molecule has 2 aromatic rings. The number of amides is 1. The minimum absolute atomic E-state index is 0.0227. The molecule has 0 saturated carbocycles. The van der Waals surface area contributed by atoms with Crippen LogP contribution in [0.5, 0.6) is 0 Å². The highest BCUT2D eigenvalue weighted by Crippen LogP contribution is 2.36. The fourth-order valence-electron chi connectivity index (χ4n) is 2.90. The fraction of sp³-hybridized carbons (Fsp3) is 0.300. The van der Waals surface area contributed by atoms with Gasteiger partial charge in [-0.25, -0.2) is 0 Å². The van der Waals surface area contributed by atoms with E-state index in [2.05, 4.69) is 24.1 Å². The van der Waals surface area contributed by atoms with Crippen LogP contribution >= 0.6 is 0 Å². The van der Waals surface area contributed by atoms with Crippen molar-refractivity contribution in [2.75, 3.05) is 11.9 Å². The molecule has 5 nitrogen and oxygen atoms in total. The second-order valence-electron chi connectivity index (χ2n) is 6.64. The number of rotatable bonds is 5. The molecular formula is C20H21N3O2. The molecule has 0 saturated heterocycles. The van der Waals surface area contributed by atoms with Gasteiger partial charge in [0.05, 0.1) is 5.71 Å². The maximum absolute atomic E-state index is 12.7. The van der Waals surface area contributed by atoms with Crippen LogP contribution in [-0.2, 0) is 4.79 Å². The Morgan fingerprint density at radius 2 is 1.92 bits per heavy atom. The summed E-state index contributed by atoms with van der Waals surface area (Å²) in [6.45, 7) is 6.33. The minimum atomic E-state index is -0.518. The van der Waals surface area contributed by atoms with Crippen LogP contribution in [0.3, 0.4) is 0 Å². The van der Waals surface area contributed by atoms with Crippen LogP contribution < -0.4 is 5.32 Å². The smallest absolute Gasteiger partial charge is 0.238 e. The largest absolute Gasteiger partial charge is 0.325 e. The standard InChI is InChI=1S/C20H21N3O2/c1-12(2)11-22-19(14-6-8-21-9-7-14)18-16-10-15(13(3)24)4-5-17(16)23-20(18)25/h4-10,12,18H,11H2,1-3H3,(H,23,25). The third kappa shape index (κ3) is 3.50. The van der Waals surface area contributed by atoms with Gasteiger partial charge < -0.3 is 5.32 Å². The van der Waals surface area contributed by atoms with Crippen molar-refractivity contribution in [2.24, 2.45) is 10.9 Å². The van der Waals surface area contributed by atoms with Crippen LogP contribution in [0.4, 0.5) is 5.69 Å². The molecule has 1 atom stereocenters. The molecule has 1 N–H and O–H groups in total. The highest BCUT2D eigenvalue weighted by atomic mass is 16.2. The number of carbonyl (C=O) groups is 2. The van der Waals surface area contributed by atoms with E-state index in [1.807, 2.05) is 12.1 Å². The molecular weight excluding hydrogens is 314 g/mol. The summed E-state index contributed by atoms with van der Waals surface area (Å²) in [5, 5.41) is 2.90. The van der Waals surface area contributed by atoms with Crippen molar-refractivity contribution in [1.29, 1.82) is 0 Å². The zero-order valence-electron chi connectivity index (χ0n) is 14.6. The molecule has 5 heteroatoms. The van der Waals surface area contributed by atoms with Crippen molar-refractivity contribution in [3.8, 4) is 0 Å². The summed E-state index contributed by atoms with van der Waals surface area (Å²) in [6.07, 6.45) is 3.39. The van der Waals surface area contributed by atoms with Gasteiger partial charge in [-0.3, -0.25) is 19.6 Å². The third-order valence-electron chi connectivity index (χ3n) is 4.17. The maximum Gasteiger partial charge on any atom is 0.238 e. The first-order valence-electron chi connectivity index (χ1n) is 8.38. The van der Waals surface area contributed by atoms with Gasteiger partial charge in [0.25, 0.3) is 0 Å². The average molecular weight is 335 g/mol. The normalized spacial score (nSPS) is 16.7. The Labute approximate surface area is 147 Å². The molecule has 0 radical (unpaired) electrons. The van der Waals surface area contributed by atoms with Gasteiger partial charge in [-0.05, 0) is 54.3 Å². The molecule has 128 valence electrons. The van der Waals surface area contributed by atoms with E-state index >= 15 is 0 Å². The van der Waals surface area contributed by atoms with Gasteiger partial charge in [-0.2, -0.15) is 0 Å². The Morgan fingerprint density at radius 1 is 1.20 bits per heavy atom. The topological polar surface area (TPSA) is 71.4 Å². The minimum Gasteiger partial charge on any atom is -0.325 e. The second-order valence-corrected chi connectivity index (χ2v) is 6.64. The van der Waals surface area contributed by atoms with Crippen molar-refractivity contribution < 1.29 is 9.59 Å². The fourth-order valence-corrected chi connectivity index (χ4v) is 2.90. The van der Waals surface area contributed by atoms with E-state index in [9.17, 15) is 9.59 Å². The quantitative estimate of drug-likeness (QED) is 0.672. The molecule has 25 heavy (non-hydrogen) atoms. The van der Waals surface area contributed by atoms with E-state index < -0.39 is 5.92 Å². The van der Waals surface area contributed by atoms with E-state index in [4.69, 9.17) is 4.99 Å². The summed E-state index contributed by atoms with van der Waals surface area (Å²) in [5.41, 5.74) is 3.73. The predicted molar refractivity (Wildman–Crippen MR) is 98.3 cm³/mol. The molecule has 0 spiro atoms. The molecule has 1 unspecified atom stereocenters. The molecule has 0 aliphatic carbocycles. The number of nitrogens with one attached hydrogen (secondary N) is 1. The van der Waals surface area contributed by atoms with Crippen LogP contribution in [0.15, 0.2) is 47.7 Å². The maximum atomic E-state index is 12.7. The summed E-state index contributed by atoms with van der Waals surface area (Å²) >= 11 is 0. The number of nitrogens with zero attached hydrogens (tertiary/aromatic N) is 2. The molecule has 0 fully saturated rings. The Kier molecular flexibility index (Phi) is 4.74. The first-order valence-corrected chi connectivity index (χ1v) is 8.38. The van der Waals surface area contributed by atoms with Gasteiger partial charge in [-0.1, -0.05) is 13.8 Å². The van der Waals surface area contributed by atoms with E-state index in [1.54, 1.807) is 30.6 Å². The van der Waals surface area contributed by atoms with E-state index in [-0.39, 0.29) is 11.7 Å². The Bertz CT molecular complexity index is 841. The first kappa shape index (κ1) is 17.0. The van der Waals surface area contributed by atoms with Crippen molar-refractivity contribution in [1.82, 2.24) is 4.98 Å². The molecule has 1 aromatic carbocycles. The monoisotopic (exact) mass is 335 g/mol. The number of aromatic nitrogens is 1. The summed E-state index contributed by atoms with van der Waals surface area (Å²) in [5.74, 6) is -0.278. The number of carbonyl (C=O) groups excluding carboxylic acids is 2. The van der Waals surface area contributed by atoms with E-state index in [0.29, 0.717) is 23.7 Å². The molecule has 0 bridgehead atoms. The van der Waals surface area contributed by atoms with Crippen molar-refractivity contribution in [3.63, 3.8) is 0 Å². The summed E-state index contributed by atoms with van der Waals surface area (Å²) in [7, 11) is 0. The van der Waals surface area contributed by atoms with Crippen LogP contribution in [-0.4, -0.2) is 28.9 Å². The number of anilines is 1. The number of ketones is 1. The average Bonchev–Trinajstić information content (AvgIpc) is 2.91. The highest BCUT2D eigenvalue weighted by Gasteiger charge is 2.35. The number of fused-ring (bicyclic) bond motifs is 1. The molecule has 1 aromatic heterocycles. The zero-order chi connectivity index (χ0) is 18.0. The number of hydrogen-bond acceptors (Lipinski definition) is 4. The summed E-state index contributed by atoms with van der Waals surface area (Å²) in [6, 6.07) is 9.04. The van der Waals surface area contributed by atoms with Crippen molar-refractivity contribution in [3.05, 3.63) is 59.4 Å². The molecule has 1 amide bonds. The number of aliphatic imine (C=N–C) groups is 1. The summed E-state index contributed by atoms with van der Waals surface area (Å²) in [4.78, 5) is 33.2. The molecule has 1 aliphatic heterocycles. The van der Waals surface area contributed by atoms with Gasteiger partial charge in [0.15, 0.2) is 5.78 Å². The third-order valence-corrected chi connectivity index (χ3v) is 4.17. The van der Waals surface area contributed by atoms with Crippen LogP contribution in [0, 0.1) is 5.92 Å². The Morgan fingerprint density at radius 3 is 2.56 bits per heavy atom. The van der Waals surface area contributed by atoms with E-state index in [0.717, 1.165) is 16.8 Å². The second kappa shape index (κ2) is 6.97. The number of benzene rings is 1. The predicted octanol–water partition coefficient (Wildman–Crippen LogP) is 3.47. The van der Waals surface area contributed by atoms with Gasteiger partial charge in [0.2, 0.25) is 5.91 Å². The van der Waals surface area contributed by atoms with Gasteiger partial charge in [-0.15, -0.1) is 0 Å². The van der Waals surface area contributed by atoms with Crippen LogP contribution in [0.25, 0.3) is 0 Å². The summed E-state index contributed by atoms with van der Waals surface area (Å²) < 4.78 is 0. The highest BCUT2D eigenvalue weighted by molar-refractivity contribution is 6.23. The van der Waals surface area contributed by atoms with Gasteiger partial charge in [0, 0.05) is 30.2 Å². The molecule has 1 aliphatic rings. The number of hydrogen-bond donors (Lipinski definition) is 1. The van der Waals surface area contributed by atoms with Crippen LogP contribution in [0.1, 0.15) is 48.2 Å². The number of pyridine rings is 1. The van der Waals surface area contributed by atoms with Gasteiger partial charge in [0.1, 0.15) is 5.92 Å². The molecule has 2 heterocycles. The lowest BCUT2D eigenvalue weighted by molar-refractivity contribution is -0.115. The lowest BCUT2D eigenvalue weighted by Gasteiger charge is -2.15.